The molecule has 0 saturated carbocycles. The number of ketones is 1. The summed E-state index contributed by atoms with van der Waals surface area (Å²) in [4.78, 5) is 15.6. The van der Waals surface area contributed by atoms with Crippen molar-refractivity contribution in [3.63, 3.8) is 0 Å². The lowest BCUT2D eigenvalue weighted by atomic mass is 10.0. The molecule has 1 aromatic carbocycles. The fourth-order valence-corrected chi connectivity index (χ4v) is 4.96. The average Bonchev–Trinajstić information content (AvgIpc) is 2.80. The number of nitrogens with one attached hydrogen (secondary N) is 1. The van der Waals surface area contributed by atoms with Crippen molar-refractivity contribution in [2.75, 3.05) is 5.75 Å². The Balaban J connectivity index is 2.04. The summed E-state index contributed by atoms with van der Waals surface area (Å²) >= 11 is 3.37. The highest BCUT2D eigenvalue weighted by molar-refractivity contribution is 9.10. The van der Waals surface area contributed by atoms with Crippen LogP contribution < -0.4 is 0 Å². The van der Waals surface area contributed by atoms with Crippen LogP contribution in [0.4, 0.5) is 0 Å². The molecule has 0 radical (unpaired) electrons. The number of hydrogen-bond acceptors (Lipinski definition) is 3. The lowest BCUT2D eigenvalue weighted by molar-refractivity contribution is 0.0983. The van der Waals surface area contributed by atoms with Gasteiger partial charge in [-0.1, -0.05) is 28.4 Å². The van der Waals surface area contributed by atoms with Gasteiger partial charge in [-0.15, -0.1) is 0 Å². The van der Waals surface area contributed by atoms with E-state index in [2.05, 4.69) is 20.9 Å². The first-order chi connectivity index (χ1) is 9.49. The second-order valence-electron chi connectivity index (χ2n) is 5.11. The summed E-state index contributed by atoms with van der Waals surface area (Å²) in [5.41, 5.74) is 1.30. The summed E-state index contributed by atoms with van der Waals surface area (Å²) in [5.74, 6) is -0.157. The van der Waals surface area contributed by atoms with E-state index in [1.165, 1.54) is 0 Å². The number of carbonyl (C=O) groups excluding carboxylic acids is 1. The van der Waals surface area contributed by atoms with Crippen LogP contribution in [0.2, 0.25) is 0 Å². The van der Waals surface area contributed by atoms with Crippen LogP contribution in [-0.2, 0) is 9.84 Å². The smallest absolute Gasteiger partial charge is 0.183 e. The number of aromatic nitrogens is 1. The van der Waals surface area contributed by atoms with Crippen molar-refractivity contribution >= 4 is 42.5 Å². The molecule has 1 saturated heterocycles. The second-order valence-corrected chi connectivity index (χ2v) is 8.33. The highest BCUT2D eigenvalue weighted by Gasteiger charge is 2.36. The normalized spacial score (nSPS) is 21.9. The first-order valence-electron chi connectivity index (χ1n) is 6.51. The molecule has 106 valence electrons. The van der Waals surface area contributed by atoms with Crippen LogP contribution in [0.25, 0.3) is 10.9 Å². The van der Waals surface area contributed by atoms with Gasteiger partial charge in [-0.2, -0.15) is 0 Å². The van der Waals surface area contributed by atoms with E-state index in [0.29, 0.717) is 18.4 Å². The quantitative estimate of drug-likeness (QED) is 0.841. The number of halogens is 1. The minimum Gasteiger partial charge on any atom is -0.360 e. The van der Waals surface area contributed by atoms with Gasteiger partial charge in [0.1, 0.15) is 5.25 Å². The van der Waals surface area contributed by atoms with Crippen LogP contribution in [-0.4, -0.2) is 30.2 Å². The summed E-state index contributed by atoms with van der Waals surface area (Å²) in [6, 6.07) is 5.56. The fourth-order valence-electron chi connectivity index (χ4n) is 2.72. The van der Waals surface area contributed by atoms with E-state index in [1.54, 1.807) is 6.20 Å². The molecule has 6 heteroatoms. The molecule has 1 fully saturated rings. The third-order valence-corrected chi connectivity index (χ3v) is 6.45. The zero-order chi connectivity index (χ0) is 14.3. The maximum Gasteiger partial charge on any atom is 0.183 e. The van der Waals surface area contributed by atoms with Gasteiger partial charge in [0, 0.05) is 27.1 Å². The molecule has 4 nitrogen and oxygen atoms in total. The Kier molecular flexibility index (Phi) is 3.46. The minimum atomic E-state index is -3.30. The molecule has 0 bridgehead atoms. The van der Waals surface area contributed by atoms with Crippen LogP contribution in [0.1, 0.15) is 29.6 Å². The molecule has 1 unspecified atom stereocenters. The Bertz CT molecular complexity index is 779. The van der Waals surface area contributed by atoms with Gasteiger partial charge in [0.25, 0.3) is 0 Å². The van der Waals surface area contributed by atoms with Crippen molar-refractivity contribution in [2.24, 2.45) is 0 Å². The SMILES string of the molecule is O=C(c1c[nH]c2cc(Br)ccc12)C1CCCCS1(=O)=O. The topological polar surface area (TPSA) is 67.0 Å². The van der Waals surface area contributed by atoms with Crippen molar-refractivity contribution < 1.29 is 13.2 Å². The molecule has 20 heavy (non-hydrogen) atoms. The number of aromatic amines is 1. The lowest BCUT2D eigenvalue weighted by Crippen LogP contribution is -2.35. The number of sulfone groups is 1. The number of benzene rings is 1. The van der Waals surface area contributed by atoms with Gasteiger partial charge in [0.2, 0.25) is 0 Å². The van der Waals surface area contributed by atoms with Gasteiger partial charge in [-0.05, 0) is 25.0 Å². The van der Waals surface area contributed by atoms with Crippen molar-refractivity contribution in [3.05, 3.63) is 34.4 Å². The van der Waals surface area contributed by atoms with Gasteiger partial charge in [-0.25, -0.2) is 8.42 Å². The predicted octanol–water partition coefficient (Wildman–Crippen LogP) is 3.08. The van der Waals surface area contributed by atoms with Crippen LogP contribution in [0, 0.1) is 0 Å². The van der Waals surface area contributed by atoms with Crippen LogP contribution >= 0.6 is 15.9 Å². The molecule has 2 aromatic rings. The molecule has 1 N–H and O–H groups in total. The molecular formula is C14H14BrNO3S. The first kappa shape index (κ1) is 13.8. The van der Waals surface area contributed by atoms with E-state index in [-0.39, 0.29) is 11.5 Å². The number of Topliss-reactive ketones (excluding diaryl/α,β-unsaturated/α-hetero) is 1. The number of H-pyrrole nitrogens is 1. The maximum absolute atomic E-state index is 12.6. The number of carbonyl (C=O) groups is 1. The molecule has 1 aliphatic rings. The number of hydrogen-bond donors (Lipinski definition) is 1. The Morgan fingerprint density at radius 1 is 1.30 bits per heavy atom. The Morgan fingerprint density at radius 3 is 2.85 bits per heavy atom. The third-order valence-electron chi connectivity index (χ3n) is 3.78. The molecule has 0 spiro atoms. The fraction of sp³-hybridized carbons (Fsp3) is 0.357. The summed E-state index contributed by atoms with van der Waals surface area (Å²) in [6.45, 7) is 0. The highest BCUT2D eigenvalue weighted by Crippen LogP contribution is 2.28. The minimum absolute atomic E-state index is 0.122. The monoisotopic (exact) mass is 355 g/mol. The second kappa shape index (κ2) is 5.00. The summed E-state index contributed by atoms with van der Waals surface area (Å²) in [7, 11) is -3.30. The maximum atomic E-state index is 12.6. The molecule has 1 aromatic heterocycles. The summed E-state index contributed by atoms with van der Waals surface area (Å²) in [6.07, 6.45) is 3.50. The van der Waals surface area contributed by atoms with Crippen molar-refractivity contribution in [1.82, 2.24) is 4.98 Å². The molecule has 0 aliphatic carbocycles. The van der Waals surface area contributed by atoms with Crippen molar-refractivity contribution in [2.45, 2.75) is 24.5 Å². The standard InChI is InChI=1S/C14H14BrNO3S/c15-9-4-5-10-11(8-16-12(10)7-9)14(17)13-3-1-2-6-20(13,18)19/h4-5,7-8,13,16H,1-3,6H2. The molecule has 0 amide bonds. The number of fused-ring (bicyclic) bond motifs is 1. The zero-order valence-corrected chi connectivity index (χ0v) is 13.1. The Hall–Kier alpha value is -1.14. The lowest BCUT2D eigenvalue weighted by Gasteiger charge is -2.20. The Labute approximate surface area is 125 Å². The van der Waals surface area contributed by atoms with Gasteiger partial charge in [-0.3, -0.25) is 4.79 Å². The van der Waals surface area contributed by atoms with Gasteiger partial charge >= 0.3 is 0 Å². The molecule has 1 atom stereocenters. The van der Waals surface area contributed by atoms with E-state index in [1.807, 2.05) is 18.2 Å². The van der Waals surface area contributed by atoms with Crippen LogP contribution in [0.15, 0.2) is 28.9 Å². The van der Waals surface area contributed by atoms with Gasteiger partial charge < -0.3 is 4.98 Å². The molecule has 3 rings (SSSR count). The van der Waals surface area contributed by atoms with Crippen molar-refractivity contribution in [1.29, 1.82) is 0 Å². The van der Waals surface area contributed by atoms with Gasteiger partial charge in [0.05, 0.1) is 5.75 Å². The molecule has 1 aliphatic heterocycles. The predicted molar refractivity (Wildman–Crippen MR) is 81.8 cm³/mol. The van der Waals surface area contributed by atoms with Crippen LogP contribution in [0.3, 0.4) is 0 Å². The van der Waals surface area contributed by atoms with Crippen molar-refractivity contribution in [3.8, 4) is 0 Å². The van der Waals surface area contributed by atoms with Gasteiger partial charge in [0.15, 0.2) is 15.6 Å². The van der Waals surface area contributed by atoms with E-state index >= 15 is 0 Å². The van der Waals surface area contributed by atoms with E-state index in [9.17, 15) is 13.2 Å². The molecular weight excluding hydrogens is 342 g/mol. The Morgan fingerprint density at radius 2 is 2.10 bits per heavy atom. The number of rotatable bonds is 2. The van der Waals surface area contributed by atoms with Crippen LogP contribution in [0.5, 0.6) is 0 Å². The molecule has 2 heterocycles. The summed E-state index contributed by atoms with van der Waals surface area (Å²) < 4.78 is 25.1. The van der Waals surface area contributed by atoms with E-state index in [4.69, 9.17) is 0 Å². The third kappa shape index (κ3) is 2.31. The zero-order valence-electron chi connectivity index (χ0n) is 10.7. The summed E-state index contributed by atoms with van der Waals surface area (Å²) in [5, 5.41) is -0.0992. The first-order valence-corrected chi connectivity index (χ1v) is 9.02. The van der Waals surface area contributed by atoms with E-state index < -0.39 is 15.1 Å². The largest absolute Gasteiger partial charge is 0.360 e. The van der Waals surface area contributed by atoms with E-state index in [0.717, 1.165) is 21.8 Å². The average molecular weight is 356 g/mol. The highest BCUT2D eigenvalue weighted by atomic mass is 79.9.